The molecule has 2 rings (SSSR count). The second kappa shape index (κ2) is 6.69. The quantitative estimate of drug-likeness (QED) is 0.703. The van der Waals surface area contributed by atoms with Crippen molar-refractivity contribution in [2.75, 3.05) is 5.33 Å². The highest BCUT2D eigenvalue weighted by atomic mass is 79.9. The first-order valence-corrected chi connectivity index (χ1v) is 8.27. The highest BCUT2D eigenvalue weighted by Crippen LogP contribution is 2.23. The number of hydrogen-bond acceptors (Lipinski definition) is 2. The molecule has 0 saturated carbocycles. The van der Waals surface area contributed by atoms with Crippen molar-refractivity contribution in [1.82, 2.24) is 4.98 Å². The maximum Gasteiger partial charge on any atom is 0.0931 e. The van der Waals surface area contributed by atoms with E-state index in [1.54, 1.807) is 11.3 Å². The summed E-state index contributed by atoms with van der Waals surface area (Å²) in [5.41, 5.74) is 2.33. The number of nitrogens with zero attached hydrogens (tertiary/aromatic N) is 1. The lowest BCUT2D eigenvalue weighted by Gasteiger charge is -2.13. The van der Waals surface area contributed by atoms with Crippen LogP contribution in [0.4, 0.5) is 0 Å². The van der Waals surface area contributed by atoms with Crippen molar-refractivity contribution in [3.05, 3.63) is 50.9 Å². The fourth-order valence-corrected chi connectivity index (χ4v) is 3.46. The molecule has 0 fully saturated rings. The Morgan fingerprint density at radius 3 is 2.72 bits per heavy atom. The smallest absolute Gasteiger partial charge is 0.0931 e. The fourth-order valence-electron chi connectivity index (χ4n) is 1.90. The van der Waals surface area contributed by atoms with Gasteiger partial charge in [0.05, 0.1) is 5.01 Å². The molecule has 1 nitrogen and oxygen atoms in total. The van der Waals surface area contributed by atoms with Crippen molar-refractivity contribution in [2.45, 2.75) is 19.8 Å². The zero-order chi connectivity index (χ0) is 13.0. The van der Waals surface area contributed by atoms with E-state index in [1.165, 1.54) is 10.6 Å². The number of benzene rings is 1. The lowest BCUT2D eigenvalue weighted by Crippen LogP contribution is -2.10. The Morgan fingerprint density at radius 1 is 1.33 bits per heavy atom. The van der Waals surface area contributed by atoms with E-state index in [-0.39, 0.29) is 0 Å². The van der Waals surface area contributed by atoms with E-state index in [2.05, 4.69) is 32.4 Å². The van der Waals surface area contributed by atoms with Crippen LogP contribution in [0.2, 0.25) is 5.02 Å². The van der Waals surface area contributed by atoms with Crippen molar-refractivity contribution >= 4 is 38.9 Å². The second-order valence-electron chi connectivity index (χ2n) is 4.40. The predicted molar refractivity (Wildman–Crippen MR) is 83.0 cm³/mol. The van der Waals surface area contributed by atoms with Crippen LogP contribution in [-0.2, 0) is 12.8 Å². The van der Waals surface area contributed by atoms with Crippen LogP contribution in [-0.4, -0.2) is 10.3 Å². The minimum Gasteiger partial charge on any atom is -0.247 e. The Balaban J connectivity index is 2.04. The third-order valence-electron chi connectivity index (χ3n) is 2.81. The Morgan fingerprint density at radius 2 is 2.11 bits per heavy atom. The third-order valence-corrected chi connectivity index (χ3v) is 5.09. The summed E-state index contributed by atoms with van der Waals surface area (Å²) in [5.74, 6) is 0.537. The zero-order valence-corrected chi connectivity index (χ0v) is 13.4. The zero-order valence-electron chi connectivity index (χ0n) is 10.2. The van der Waals surface area contributed by atoms with E-state index in [0.717, 1.165) is 28.9 Å². The molecule has 2 aromatic rings. The molecule has 0 aliphatic carbocycles. The highest BCUT2D eigenvalue weighted by molar-refractivity contribution is 9.09. The van der Waals surface area contributed by atoms with Crippen LogP contribution in [0.3, 0.4) is 0 Å². The van der Waals surface area contributed by atoms with Gasteiger partial charge in [-0.3, -0.25) is 0 Å². The monoisotopic (exact) mass is 343 g/mol. The molecule has 0 radical (unpaired) electrons. The number of thiazole rings is 1. The lowest BCUT2D eigenvalue weighted by atomic mass is 9.98. The van der Waals surface area contributed by atoms with Gasteiger partial charge in [-0.1, -0.05) is 45.7 Å². The van der Waals surface area contributed by atoms with Gasteiger partial charge in [-0.05, 0) is 30.9 Å². The standard InChI is InChI=1S/C14H15BrClNS/c1-10-9-18-14(17-10)7-11(8-15)6-12-4-2-3-5-13(12)16/h2-5,9,11H,6-8H2,1H3. The molecular weight excluding hydrogens is 330 g/mol. The van der Waals surface area contributed by atoms with Crippen molar-refractivity contribution in [2.24, 2.45) is 5.92 Å². The van der Waals surface area contributed by atoms with E-state index < -0.39 is 0 Å². The van der Waals surface area contributed by atoms with Gasteiger partial charge in [-0.15, -0.1) is 11.3 Å². The first-order valence-electron chi connectivity index (χ1n) is 5.89. The molecule has 1 aromatic heterocycles. The molecule has 0 bridgehead atoms. The Hall–Kier alpha value is -0.380. The van der Waals surface area contributed by atoms with Crippen LogP contribution in [0.15, 0.2) is 29.6 Å². The molecule has 0 spiro atoms. The molecule has 1 unspecified atom stereocenters. The average molecular weight is 345 g/mol. The molecule has 0 saturated heterocycles. The summed E-state index contributed by atoms with van der Waals surface area (Å²) < 4.78 is 0. The van der Waals surface area contributed by atoms with Crippen molar-refractivity contribution in [3.63, 3.8) is 0 Å². The molecule has 0 amide bonds. The van der Waals surface area contributed by atoms with Crippen molar-refractivity contribution < 1.29 is 0 Å². The molecule has 0 aliphatic rings. The Labute approximate surface area is 125 Å². The normalized spacial score (nSPS) is 12.6. The third kappa shape index (κ3) is 3.81. The Kier molecular flexibility index (Phi) is 5.22. The lowest BCUT2D eigenvalue weighted by molar-refractivity contribution is 0.589. The molecule has 96 valence electrons. The first-order chi connectivity index (χ1) is 8.69. The van der Waals surface area contributed by atoms with Crippen LogP contribution in [0.1, 0.15) is 16.3 Å². The van der Waals surface area contributed by atoms with Gasteiger partial charge in [0.15, 0.2) is 0 Å². The van der Waals surface area contributed by atoms with Gasteiger partial charge in [0.25, 0.3) is 0 Å². The van der Waals surface area contributed by atoms with Gasteiger partial charge in [-0.25, -0.2) is 4.98 Å². The number of alkyl halides is 1. The van der Waals surface area contributed by atoms with Gasteiger partial charge in [0, 0.05) is 27.8 Å². The van der Waals surface area contributed by atoms with E-state index in [0.29, 0.717) is 5.92 Å². The van der Waals surface area contributed by atoms with E-state index >= 15 is 0 Å². The molecule has 1 heterocycles. The topological polar surface area (TPSA) is 12.9 Å². The van der Waals surface area contributed by atoms with Crippen molar-refractivity contribution in [3.8, 4) is 0 Å². The number of halogens is 2. The minimum absolute atomic E-state index is 0.537. The van der Waals surface area contributed by atoms with Crippen LogP contribution in [0, 0.1) is 12.8 Å². The molecule has 1 atom stereocenters. The molecule has 1 aromatic carbocycles. The van der Waals surface area contributed by atoms with Gasteiger partial charge >= 0.3 is 0 Å². The summed E-state index contributed by atoms with van der Waals surface area (Å²) >= 11 is 11.5. The molecule has 0 aliphatic heterocycles. The fraction of sp³-hybridized carbons (Fsp3) is 0.357. The largest absolute Gasteiger partial charge is 0.247 e. The molecule has 0 N–H and O–H groups in total. The highest BCUT2D eigenvalue weighted by Gasteiger charge is 2.13. The summed E-state index contributed by atoms with van der Waals surface area (Å²) in [6.07, 6.45) is 2.00. The molecule has 4 heteroatoms. The summed E-state index contributed by atoms with van der Waals surface area (Å²) in [5, 5.41) is 5.15. The summed E-state index contributed by atoms with van der Waals surface area (Å²) in [7, 11) is 0. The van der Waals surface area contributed by atoms with Crippen LogP contribution in [0.5, 0.6) is 0 Å². The van der Waals surface area contributed by atoms with Crippen LogP contribution >= 0.6 is 38.9 Å². The summed E-state index contributed by atoms with van der Waals surface area (Å²) in [6.45, 7) is 2.04. The summed E-state index contributed by atoms with van der Waals surface area (Å²) in [4.78, 5) is 4.53. The maximum atomic E-state index is 6.20. The van der Waals surface area contributed by atoms with E-state index in [9.17, 15) is 0 Å². The van der Waals surface area contributed by atoms with Gasteiger partial charge in [-0.2, -0.15) is 0 Å². The Bertz CT molecular complexity index is 512. The van der Waals surface area contributed by atoms with E-state index in [1.807, 2.05) is 25.1 Å². The predicted octanol–water partition coefficient (Wildman–Crippen LogP) is 4.90. The van der Waals surface area contributed by atoms with Crippen LogP contribution in [0.25, 0.3) is 0 Å². The molecule has 18 heavy (non-hydrogen) atoms. The summed E-state index contributed by atoms with van der Waals surface area (Å²) in [6, 6.07) is 8.07. The average Bonchev–Trinajstić information content (AvgIpc) is 2.76. The number of aromatic nitrogens is 1. The van der Waals surface area contributed by atoms with Gasteiger partial charge in [0.2, 0.25) is 0 Å². The maximum absolute atomic E-state index is 6.20. The second-order valence-corrected chi connectivity index (χ2v) is 6.40. The van der Waals surface area contributed by atoms with Gasteiger partial charge in [0.1, 0.15) is 0 Å². The molecular formula is C14H15BrClNS. The van der Waals surface area contributed by atoms with Crippen LogP contribution < -0.4 is 0 Å². The SMILES string of the molecule is Cc1csc(CC(CBr)Cc2ccccc2Cl)n1. The van der Waals surface area contributed by atoms with Crippen molar-refractivity contribution in [1.29, 1.82) is 0 Å². The van der Waals surface area contributed by atoms with E-state index in [4.69, 9.17) is 11.6 Å². The number of aryl methyl sites for hydroxylation is 1. The first kappa shape index (κ1) is 14.0. The minimum atomic E-state index is 0.537. The number of rotatable bonds is 5. The number of hydrogen-bond donors (Lipinski definition) is 0. The van der Waals surface area contributed by atoms with Gasteiger partial charge < -0.3 is 0 Å².